The largest absolute Gasteiger partial charge is 0.328 e. The highest BCUT2D eigenvalue weighted by Crippen LogP contribution is 2.49. The van der Waals surface area contributed by atoms with E-state index in [4.69, 9.17) is 5.73 Å². The maximum Gasteiger partial charge on any atom is 0.00106 e. The minimum atomic E-state index is 0.319. The maximum absolute atomic E-state index is 5.96. The molecule has 0 saturated heterocycles. The van der Waals surface area contributed by atoms with E-state index in [1.807, 2.05) is 0 Å². The van der Waals surface area contributed by atoms with Crippen molar-refractivity contribution in [3.05, 3.63) is 0 Å². The van der Waals surface area contributed by atoms with Gasteiger partial charge in [0, 0.05) is 6.04 Å². The Morgan fingerprint density at radius 2 is 1.42 bits per heavy atom. The molecule has 0 bridgehead atoms. The van der Waals surface area contributed by atoms with E-state index < -0.39 is 0 Å². The molecule has 0 amide bonds. The summed E-state index contributed by atoms with van der Waals surface area (Å²) in [6.07, 6.45) is 4.92. The van der Waals surface area contributed by atoms with E-state index >= 15 is 0 Å². The highest BCUT2D eigenvalue weighted by Gasteiger charge is 2.40. The van der Waals surface area contributed by atoms with Gasteiger partial charge in [-0.05, 0) is 48.3 Å². The van der Waals surface area contributed by atoms with Gasteiger partial charge < -0.3 is 5.73 Å². The highest BCUT2D eigenvalue weighted by atomic mass is 14.6. The summed E-state index contributed by atoms with van der Waals surface area (Å²) in [5, 5.41) is 0. The lowest BCUT2D eigenvalue weighted by molar-refractivity contribution is 0.0322. The molecule has 0 spiro atoms. The summed E-state index contributed by atoms with van der Waals surface area (Å²) in [6, 6.07) is 0.319. The third-order valence-corrected chi connectivity index (χ3v) is 4.95. The van der Waals surface area contributed by atoms with Crippen molar-refractivity contribution < 1.29 is 0 Å². The van der Waals surface area contributed by atoms with Crippen molar-refractivity contribution in [3.8, 4) is 0 Å². The Labute approximate surface area is 122 Å². The quantitative estimate of drug-likeness (QED) is 0.637. The summed E-state index contributed by atoms with van der Waals surface area (Å²) in [4.78, 5) is 0. The molecule has 0 aromatic heterocycles. The Hall–Kier alpha value is -0.0400. The summed E-state index contributed by atoms with van der Waals surface area (Å²) in [5.74, 6) is 0.730. The Morgan fingerprint density at radius 1 is 0.947 bits per heavy atom. The molecular weight excluding hydrogens is 230 g/mol. The highest BCUT2D eigenvalue weighted by molar-refractivity contribution is 4.90. The van der Waals surface area contributed by atoms with Gasteiger partial charge in [-0.3, -0.25) is 0 Å². The van der Waals surface area contributed by atoms with Gasteiger partial charge in [-0.25, -0.2) is 0 Å². The lowest BCUT2D eigenvalue weighted by Crippen LogP contribution is -2.38. The van der Waals surface area contributed by atoms with Gasteiger partial charge in [0.15, 0.2) is 0 Å². The first-order chi connectivity index (χ1) is 8.32. The van der Waals surface area contributed by atoms with Crippen LogP contribution < -0.4 is 5.73 Å². The third kappa shape index (κ3) is 6.79. The summed E-state index contributed by atoms with van der Waals surface area (Å²) < 4.78 is 0. The SMILES string of the molecule is CCC(C)(C)CC(C(C)(C)C)C(C)(C)CCC(C)N. The van der Waals surface area contributed by atoms with Gasteiger partial charge in [-0.1, -0.05) is 61.8 Å². The molecule has 0 aliphatic heterocycles. The zero-order chi connectivity index (χ0) is 15.5. The normalized spacial score (nSPS) is 17.4. The summed E-state index contributed by atoms with van der Waals surface area (Å²) in [6.45, 7) is 21.3. The second-order valence-corrected chi connectivity index (χ2v) is 9.15. The van der Waals surface area contributed by atoms with Crippen LogP contribution in [0.4, 0.5) is 0 Å². The van der Waals surface area contributed by atoms with Crippen LogP contribution in [-0.2, 0) is 0 Å². The molecule has 1 heteroatoms. The Balaban J connectivity index is 5.04. The molecule has 2 atom stereocenters. The van der Waals surface area contributed by atoms with Crippen molar-refractivity contribution >= 4 is 0 Å². The van der Waals surface area contributed by atoms with Crippen LogP contribution in [0, 0.1) is 22.2 Å². The smallest absolute Gasteiger partial charge is 0.00106 e. The fraction of sp³-hybridized carbons (Fsp3) is 1.00. The van der Waals surface area contributed by atoms with E-state index in [0.29, 0.717) is 22.3 Å². The van der Waals surface area contributed by atoms with E-state index in [2.05, 4.69) is 62.3 Å². The van der Waals surface area contributed by atoms with Gasteiger partial charge >= 0.3 is 0 Å². The lowest BCUT2D eigenvalue weighted by atomic mass is 9.59. The molecular formula is C18H39N. The summed E-state index contributed by atoms with van der Waals surface area (Å²) >= 11 is 0. The molecule has 116 valence electrons. The molecule has 0 heterocycles. The zero-order valence-corrected chi connectivity index (χ0v) is 15.1. The van der Waals surface area contributed by atoms with Gasteiger partial charge in [-0.2, -0.15) is 0 Å². The number of rotatable bonds is 7. The predicted molar refractivity (Wildman–Crippen MR) is 88.3 cm³/mol. The van der Waals surface area contributed by atoms with Crippen LogP contribution in [0.3, 0.4) is 0 Å². The molecule has 19 heavy (non-hydrogen) atoms. The van der Waals surface area contributed by atoms with Crippen molar-refractivity contribution in [1.29, 1.82) is 0 Å². The Morgan fingerprint density at radius 3 is 1.74 bits per heavy atom. The average Bonchev–Trinajstić information content (AvgIpc) is 2.22. The van der Waals surface area contributed by atoms with Crippen LogP contribution in [0.1, 0.15) is 88.0 Å². The minimum absolute atomic E-state index is 0.319. The standard InChI is InChI=1S/C18H39N/c1-10-17(6,7)13-15(16(3,4)5)18(8,9)12-11-14(2)19/h14-15H,10-13,19H2,1-9H3. The maximum atomic E-state index is 5.96. The predicted octanol–water partition coefficient (Wildman–Crippen LogP) is 5.63. The van der Waals surface area contributed by atoms with E-state index in [9.17, 15) is 0 Å². The van der Waals surface area contributed by atoms with Crippen LogP contribution in [0.15, 0.2) is 0 Å². The van der Waals surface area contributed by atoms with Crippen molar-refractivity contribution in [2.75, 3.05) is 0 Å². The average molecular weight is 270 g/mol. The molecule has 0 aliphatic carbocycles. The first-order valence-electron chi connectivity index (χ1n) is 8.07. The molecule has 2 N–H and O–H groups in total. The second-order valence-electron chi connectivity index (χ2n) is 9.15. The molecule has 0 rings (SSSR count). The fourth-order valence-electron chi connectivity index (χ4n) is 3.23. The van der Waals surface area contributed by atoms with Gasteiger partial charge in [0.1, 0.15) is 0 Å². The van der Waals surface area contributed by atoms with Crippen LogP contribution in [-0.4, -0.2) is 6.04 Å². The number of nitrogens with two attached hydrogens (primary N) is 1. The topological polar surface area (TPSA) is 26.0 Å². The van der Waals surface area contributed by atoms with Crippen molar-refractivity contribution in [1.82, 2.24) is 0 Å². The molecule has 0 aromatic rings. The Kier molecular flexibility index (Phi) is 6.59. The Bertz CT molecular complexity index is 255. The van der Waals surface area contributed by atoms with Crippen LogP contribution in [0.25, 0.3) is 0 Å². The summed E-state index contributed by atoms with van der Waals surface area (Å²) in [7, 11) is 0. The third-order valence-electron chi connectivity index (χ3n) is 4.95. The number of hydrogen-bond acceptors (Lipinski definition) is 1. The second kappa shape index (κ2) is 6.61. The monoisotopic (exact) mass is 269 g/mol. The van der Waals surface area contributed by atoms with Crippen LogP contribution in [0.2, 0.25) is 0 Å². The fourth-order valence-corrected chi connectivity index (χ4v) is 3.23. The van der Waals surface area contributed by atoms with Gasteiger partial charge in [-0.15, -0.1) is 0 Å². The van der Waals surface area contributed by atoms with E-state index in [0.717, 1.165) is 12.3 Å². The molecule has 0 fully saturated rings. The first-order valence-corrected chi connectivity index (χ1v) is 8.07. The molecule has 1 nitrogen and oxygen atoms in total. The van der Waals surface area contributed by atoms with Crippen LogP contribution >= 0.6 is 0 Å². The minimum Gasteiger partial charge on any atom is -0.328 e. The van der Waals surface area contributed by atoms with E-state index in [-0.39, 0.29) is 0 Å². The molecule has 0 saturated carbocycles. The molecule has 0 aromatic carbocycles. The molecule has 0 radical (unpaired) electrons. The first kappa shape index (κ1) is 19.0. The van der Waals surface area contributed by atoms with Crippen molar-refractivity contribution in [2.24, 2.45) is 27.9 Å². The zero-order valence-electron chi connectivity index (χ0n) is 15.1. The molecule has 2 unspecified atom stereocenters. The lowest BCUT2D eigenvalue weighted by Gasteiger charge is -2.47. The van der Waals surface area contributed by atoms with E-state index in [1.54, 1.807) is 0 Å². The van der Waals surface area contributed by atoms with Gasteiger partial charge in [0.2, 0.25) is 0 Å². The van der Waals surface area contributed by atoms with Gasteiger partial charge in [0.05, 0.1) is 0 Å². The van der Waals surface area contributed by atoms with E-state index in [1.165, 1.54) is 19.3 Å². The van der Waals surface area contributed by atoms with Gasteiger partial charge in [0.25, 0.3) is 0 Å². The summed E-state index contributed by atoms with van der Waals surface area (Å²) in [5.41, 5.74) is 7.11. The molecule has 0 aliphatic rings. The number of hydrogen-bond donors (Lipinski definition) is 1. The van der Waals surface area contributed by atoms with Crippen LogP contribution in [0.5, 0.6) is 0 Å². The van der Waals surface area contributed by atoms with Crippen molar-refractivity contribution in [3.63, 3.8) is 0 Å². The van der Waals surface area contributed by atoms with Crippen molar-refractivity contribution in [2.45, 2.75) is 94.0 Å².